The number of benzene rings is 2. The SMILES string of the molecule is CC(C)[C@@H]1CCN2Cc3ccc(Cl)cc3CCCCOc3ccc(cc32)C(=O)N=S(=O)(NC(=O)c2cc3n(c2)CCOC3)C[C@@H](C)C/C=C/[C@@H]1O. The normalized spacial score (nSPS) is 25.4. The van der Waals surface area contributed by atoms with Gasteiger partial charge in [0.15, 0.2) is 0 Å². The Morgan fingerprint density at radius 2 is 1.94 bits per heavy atom. The molecule has 0 saturated heterocycles. The number of nitrogens with zero attached hydrogens (tertiary/aromatic N) is 3. The van der Waals surface area contributed by atoms with Gasteiger partial charge in [-0.1, -0.05) is 50.6 Å². The number of allylic oxidation sites excluding steroid dienone is 1. The van der Waals surface area contributed by atoms with Crippen molar-refractivity contribution in [2.24, 2.45) is 22.1 Å². The van der Waals surface area contributed by atoms with Crippen molar-refractivity contribution in [3.05, 3.63) is 93.8 Å². The zero-order chi connectivity index (χ0) is 36.1. The predicted molar refractivity (Wildman–Crippen MR) is 201 cm³/mol. The molecule has 1 unspecified atom stereocenters. The van der Waals surface area contributed by atoms with Crippen LogP contribution in [0.15, 0.2) is 65.2 Å². The van der Waals surface area contributed by atoms with Crippen LogP contribution in [-0.4, -0.2) is 57.3 Å². The Balaban J connectivity index is 1.43. The van der Waals surface area contributed by atoms with Crippen molar-refractivity contribution >= 4 is 39.0 Å². The van der Waals surface area contributed by atoms with Crippen molar-refractivity contribution in [3.63, 3.8) is 0 Å². The highest BCUT2D eigenvalue weighted by Gasteiger charge is 2.27. The lowest BCUT2D eigenvalue weighted by Gasteiger charge is -2.32. The van der Waals surface area contributed by atoms with Gasteiger partial charge in [0.05, 0.1) is 42.9 Å². The summed E-state index contributed by atoms with van der Waals surface area (Å²) in [6.07, 6.45) is 8.57. The van der Waals surface area contributed by atoms with Crippen molar-refractivity contribution in [1.29, 1.82) is 0 Å². The van der Waals surface area contributed by atoms with E-state index in [4.69, 9.17) is 21.1 Å². The molecule has 1 aromatic heterocycles. The van der Waals surface area contributed by atoms with Crippen LogP contribution >= 0.6 is 11.6 Å². The van der Waals surface area contributed by atoms with E-state index in [1.165, 1.54) is 5.56 Å². The maximum atomic E-state index is 14.6. The number of hydrogen-bond acceptors (Lipinski definition) is 7. The molecule has 0 fully saturated rings. The van der Waals surface area contributed by atoms with E-state index in [0.29, 0.717) is 74.3 Å². The molecule has 0 spiro atoms. The number of aryl methyl sites for hydroxylation is 1. The Kier molecular flexibility index (Phi) is 11.9. The van der Waals surface area contributed by atoms with Gasteiger partial charge < -0.3 is 24.0 Å². The summed E-state index contributed by atoms with van der Waals surface area (Å²) in [7, 11) is -3.58. The molecule has 2 N–H and O–H groups in total. The lowest BCUT2D eigenvalue weighted by molar-refractivity contribution is 0.0850. The standard InChI is InChI=1S/C39H49ClN4O6S/c1-26(2)34-14-15-44-22-30-10-12-32(40)19-28(30)8-4-5-17-50-37-13-11-29(21-35(37)44)38(46)41-51(48,25-27(3)7-6-9-36(34)45)42-39(47)31-20-33-24-49-18-16-43(33)23-31/h6,9-13,19-21,23,26-27,34,36,45H,4-5,7-8,14-18,22,24-25H2,1-3H3,(H,41,42,46,47,48)/b9-6+/t27-,34-,36-,51?/m0/s1. The van der Waals surface area contributed by atoms with E-state index in [9.17, 15) is 18.9 Å². The van der Waals surface area contributed by atoms with Gasteiger partial charge in [-0.05, 0) is 97.4 Å². The molecule has 4 atom stereocenters. The third-order valence-corrected chi connectivity index (χ3v) is 12.3. The second-order valence-corrected chi connectivity index (χ2v) is 16.8. The van der Waals surface area contributed by atoms with Gasteiger partial charge in [0.1, 0.15) is 15.7 Å². The highest BCUT2D eigenvalue weighted by molar-refractivity contribution is 7.92. The predicted octanol–water partition coefficient (Wildman–Crippen LogP) is 6.97. The average Bonchev–Trinajstić information content (AvgIpc) is 3.51. The maximum Gasteiger partial charge on any atom is 0.286 e. The van der Waals surface area contributed by atoms with Crippen LogP contribution < -0.4 is 14.4 Å². The van der Waals surface area contributed by atoms with E-state index in [1.807, 2.05) is 35.8 Å². The lowest BCUT2D eigenvalue weighted by Crippen LogP contribution is -2.35. The number of aromatic nitrogens is 1. The molecule has 51 heavy (non-hydrogen) atoms. The number of rotatable bonds is 3. The van der Waals surface area contributed by atoms with E-state index < -0.39 is 27.8 Å². The van der Waals surface area contributed by atoms with Crippen LogP contribution in [0.4, 0.5) is 5.69 Å². The highest BCUT2D eigenvalue weighted by atomic mass is 35.5. The molecule has 0 aliphatic carbocycles. The number of nitrogens with one attached hydrogen (secondary N) is 1. The van der Waals surface area contributed by atoms with E-state index in [1.54, 1.807) is 30.5 Å². The number of halogens is 1. The van der Waals surface area contributed by atoms with Crippen LogP contribution in [0, 0.1) is 17.8 Å². The largest absolute Gasteiger partial charge is 0.491 e. The first-order chi connectivity index (χ1) is 24.5. The second-order valence-electron chi connectivity index (χ2n) is 14.4. The molecule has 3 aliphatic rings. The van der Waals surface area contributed by atoms with Gasteiger partial charge in [-0.3, -0.25) is 14.3 Å². The first kappa shape index (κ1) is 37.1. The van der Waals surface area contributed by atoms with Crippen molar-refractivity contribution in [2.75, 3.05) is 30.4 Å². The van der Waals surface area contributed by atoms with E-state index in [2.05, 4.69) is 33.9 Å². The zero-order valence-electron chi connectivity index (χ0n) is 29.7. The summed E-state index contributed by atoms with van der Waals surface area (Å²) < 4.78 is 35.3. The Morgan fingerprint density at radius 3 is 2.75 bits per heavy atom. The minimum Gasteiger partial charge on any atom is -0.491 e. The van der Waals surface area contributed by atoms with Crippen molar-refractivity contribution < 1.29 is 28.4 Å². The summed E-state index contributed by atoms with van der Waals surface area (Å²) in [6.45, 7) is 9.30. The second kappa shape index (κ2) is 16.4. The van der Waals surface area contributed by atoms with E-state index in [0.717, 1.165) is 30.5 Å². The van der Waals surface area contributed by atoms with Gasteiger partial charge in [0, 0.05) is 42.1 Å². The van der Waals surface area contributed by atoms with Gasteiger partial charge in [-0.25, -0.2) is 4.21 Å². The van der Waals surface area contributed by atoms with Gasteiger partial charge in [-0.15, -0.1) is 4.36 Å². The monoisotopic (exact) mass is 736 g/mol. The fraction of sp³-hybridized carbons (Fsp3) is 0.487. The summed E-state index contributed by atoms with van der Waals surface area (Å²) in [4.78, 5) is 29.8. The van der Waals surface area contributed by atoms with Gasteiger partial charge in [0.25, 0.3) is 11.8 Å². The molecule has 6 rings (SSSR count). The number of amides is 2. The first-order valence-corrected chi connectivity index (χ1v) is 20.1. The molecule has 10 nitrogen and oxygen atoms in total. The third kappa shape index (κ3) is 9.24. The van der Waals surface area contributed by atoms with E-state index in [-0.39, 0.29) is 29.1 Å². The fourth-order valence-corrected chi connectivity index (χ4v) is 9.27. The minimum atomic E-state index is -3.58. The van der Waals surface area contributed by atoms with Crippen LogP contribution in [-0.2, 0) is 40.8 Å². The quantitative estimate of drug-likeness (QED) is 0.279. The molecule has 2 amide bonds. The van der Waals surface area contributed by atoms with E-state index >= 15 is 0 Å². The van der Waals surface area contributed by atoms with Crippen LogP contribution in [0.1, 0.15) is 84.0 Å². The molecule has 2 bridgehead atoms. The number of aliphatic hydroxyl groups is 1. The van der Waals surface area contributed by atoms with Crippen LogP contribution in [0.25, 0.3) is 0 Å². The summed E-state index contributed by atoms with van der Waals surface area (Å²) in [5, 5.41) is 12.1. The number of ether oxygens (including phenoxy) is 2. The Labute approximate surface area is 306 Å². The summed E-state index contributed by atoms with van der Waals surface area (Å²) in [5.41, 5.74) is 4.44. The number of carbonyl (C=O) groups excluding carboxylic acids is 2. The molecule has 12 heteroatoms. The Bertz CT molecular complexity index is 1870. The number of fused-ring (bicyclic) bond motifs is 3. The van der Waals surface area contributed by atoms with Crippen molar-refractivity contribution in [2.45, 2.75) is 78.7 Å². The fourth-order valence-electron chi connectivity index (χ4n) is 7.18. The molecule has 3 aliphatic heterocycles. The molecule has 3 aromatic rings. The van der Waals surface area contributed by atoms with Crippen LogP contribution in [0.2, 0.25) is 5.02 Å². The molecular formula is C39H49ClN4O6S. The zero-order valence-corrected chi connectivity index (χ0v) is 31.3. The third-order valence-electron chi connectivity index (χ3n) is 10.0. The molecule has 0 radical (unpaired) electrons. The number of hydrogen-bond donors (Lipinski definition) is 2. The Morgan fingerprint density at radius 1 is 1.10 bits per heavy atom. The minimum absolute atomic E-state index is 0.0429. The molecule has 274 valence electrons. The summed E-state index contributed by atoms with van der Waals surface area (Å²) in [5.74, 6) is -0.725. The summed E-state index contributed by atoms with van der Waals surface area (Å²) in [6, 6.07) is 12.9. The number of carbonyl (C=O) groups is 2. The van der Waals surface area contributed by atoms with Crippen LogP contribution in [0.5, 0.6) is 5.75 Å². The topological polar surface area (TPSA) is 122 Å². The number of anilines is 1. The van der Waals surface area contributed by atoms with Gasteiger partial charge in [0.2, 0.25) is 0 Å². The molecule has 0 saturated carbocycles. The van der Waals surface area contributed by atoms with Gasteiger partial charge in [-0.2, -0.15) is 0 Å². The smallest absolute Gasteiger partial charge is 0.286 e. The van der Waals surface area contributed by atoms with Crippen molar-refractivity contribution in [1.82, 2.24) is 9.29 Å². The van der Waals surface area contributed by atoms with Crippen LogP contribution in [0.3, 0.4) is 0 Å². The van der Waals surface area contributed by atoms with Gasteiger partial charge >= 0.3 is 0 Å². The first-order valence-electron chi connectivity index (χ1n) is 18.0. The highest BCUT2D eigenvalue weighted by Crippen LogP contribution is 2.35. The summed E-state index contributed by atoms with van der Waals surface area (Å²) >= 11 is 6.44. The molecule has 4 heterocycles. The maximum absolute atomic E-state index is 14.6. The van der Waals surface area contributed by atoms with Crippen molar-refractivity contribution in [3.8, 4) is 5.75 Å². The number of aliphatic hydroxyl groups excluding tert-OH is 1. The average molecular weight is 737 g/mol. The molecule has 2 aromatic carbocycles. The lowest BCUT2D eigenvalue weighted by atomic mass is 9.86. The Hall–Kier alpha value is -3.64. The molecular weight excluding hydrogens is 688 g/mol.